The van der Waals surface area contributed by atoms with E-state index in [0.717, 1.165) is 42.9 Å². The summed E-state index contributed by atoms with van der Waals surface area (Å²) in [7, 11) is 0. The van der Waals surface area contributed by atoms with E-state index >= 15 is 4.39 Å². The summed E-state index contributed by atoms with van der Waals surface area (Å²) in [4.78, 5) is 9.17. The molecule has 0 saturated carbocycles. The number of hydrogen-bond acceptors (Lipinski definition) is 7. The number of fused-ring (bicyclic) bond motifs is 4. The number of aromatic nitrogens is 4. The van der Waals surface area contributed by atoms with E-state index in [-0.39, 0.29) is 11.2 Å². The van der Waals surface area contributed by atoms with Crippen LogP contribution < -0.4 is 9.80 Å². The molecule has 6 rings (SSSR count). The first-order valence-electron chi connectivity index (χ1n) is 11.9. The van der Waals surface area contributed by atoms with E-state index in [1.807, 2.05) is 36.9 Å². The van der Waals surface area contributed by atoms with E-state index in [9.17, 15) is 5.26 Å². The maximum Gasteiger partial charge on any atom is 0.257 e. The normalized spacial score (nSPS) is 17.9. The third kappa shape index (κ3) is 3.48. The minimum absolute atomic E-state index is 0.281. The number of hydrogen-bond donors (Lipinski definition) is 0. The highest BCUT2D eigenvalue weighted by atomic mass is 19.1. The first-order valence-corrected chi connectivity index (χ1v) is 11.9. The topological polar surface area (TPSA) is 82.6 Å². The van der Waals surface area contributed by atoms with Crippen LogP contribution in [0.25, 0.3) is 16.7 Å². The smallest absolute Gasteiger partial charge is 0.257 e. The molecule has 4 aromatic rings. The van der Waals surface area contributed by atoms with Gasteiger partial charge in [0.25, 0.3) is 5.78 Å². The predicted molar refractivity (Wildman–Crippen MR) is 131 cm³/mol. The van der Waals surface area contributed by atoms with Gasteiger partial charge in [-0.2, -0.15) is 10.2 Å². The van der Waals surface area contributed by atoms with Crippen molar-refractivity contribution in [1.82, 2.24) is 19.6 Å². The molecule has 0 N–H and O–H groups in total. The maximum absolute atomic E-state index is 15.3. The molecule has 8 nitrogen and oxygen atoms in total. The van der Waals surface area contributed by atoms with Gasteiger partial charge in [0.05, 0.1) is 41.3 Å². The summed E-state index contributed by atoms with van der Waals surface area (Å²) >= 11 is 0. The molecule has 4 heterocycles. The molecule has 35 heavy (non-hydrogen) atoms. The zero-order valence-electron chi connectivity index (χ0n) is 19.8. The molecule has 0 bridgehead atoms. The lowest BCUT2D eigenvalue weighted by molar-refractivity contribution is 0.133. The van der Waals surface area contributed by atoms with Crippen molar-refractivity contribution < 1.29 is 9.13 Å². The molecule has 0 spiro atoms. The van der Waals surface area contributed by atoms with Crippen LogP contribution in [0.2, 0.25) is 0 Å². The van der Waals surface area contributed by atoms with Crippen LogP contribution in [-0.2, 0) is 11.3 Å². The Labute approximate surface area is 202 Å². The van der Waals surface area contributed by atoms with E-state index in [2.05, 4.69) is 27.2 Å². The minimum Gasteiger partial charge on any atom is -0.375 e. The van der Waals surface area contributed by atoms with Gasteiger partial charge in [-0.1, -0.05) is 12.1 Å². The van der Waals surface area contributed by atoms with E-state index in [1.54, 1.807) is 10.5 Å². The third-order valence-electron chi connectivity index (χ3n) is 7.33. The second-order valence-corrected chi connectivity index (χ2v) is 9.59. The molecule has 9 heteroatoms. The number of anilines is 3. The first-order chi connectivity index (χ1) is 17.0. The summed E-state index contributed by atoms with van der Waals surface area (Å²) in [6, 6.07) is 13.7. The molecule has 1 saturated heterocycles. The van der Waals surface area contributed by atoms with Crippen LogP contribution in [0.4, 0.5) is 21.6 Å². The van der Waals surface area contributed by atoms with Crippen molar-refractivity contribution in [2.75, 3.05) is 36.0 Å². The highest BCUT2D eigenvalue weighted by Gasteiger charge is 2.32. The molecule has 0 atom stereocenters. The molecule has 1 fully saturated rings. The van der Waals surface area contributed by atoms with Gasteiger partial charge < -0.3 is 14.5 Å². The van der Waals surface area contributed by atoms with E-state index in [0.29, 0.717) is 48.1 Å². The van der Waals surface area contributed by atoms with Crippen molar-refractivity contribution in [1.29, 1.82) is 5.26 Å². The zero-order chi connectivity index (χ0) is 24.2. The quantitative estimate of drug-likeness (QED) is 0.425. The molecular formula is C26H26FN7O. The second-order valence-electron chi connectivity index (χ2n) is 9.59. The lowest BCUT2D eigenvalue weighted by Crippen LogP contribution is -2.38. The number of benzene rings is 2. The lowest BCUT2D eigenvalue weighted by Gasteiger charge is -2.38. The van der Waals surface area contributed by atoms with Gasteiger partial charge in [0.1, 0.15) is 17.5 Å². The molecule has 0 aliphatic carbocycles. The Morgan fingerprint density at radius 1 is 1.06 bits per heavy atom. The van der Waals surface area contributed by atoms with Gasteiger partial charge in [0.15, 0.2) is 0 Å². The fraction of sp³-hybridized carbons (Fsp3) is 0.385. The van der Waals surface area contributed by atoms with Gasteiger partial charge in [-0.05, 0) is 51.0 Å². The van der Waals surface area contributed by atoms with Gasteiger partial charge in [-0.25, -0.2) is 4.39 Å². The second kappa shape index (κ2) is 8.17. The predicted octanol–water partition coefficient (Wildman–Crippen LogP) is 4.52. The number of rotatable bonds is 2. The van der Waals surface area contributed by atoms with Gasteiger partial charge in [0.2, 0.25) is 0 Å². The Hall–Kier alpha value is -3.77. The summed E-state index contributed by atoms with van der Waals surface area (Å²) < 4.78 is 23.1. The molecule has 2 aliphatic rings. The Balaban J connectivity index is 1.51. The van der Waals surface area contributed by atoms with Crippen LogP contribution in [0.5, 0.6) is 0 Å². The number of nitrogens with zero attached hydrogens (tertiary/aromatic N) is 7. The summed E-state index contributed by atoms with van der Waals surface area (Å²) in [6.07, 6.45) is 1.64. The lowest BCUT2D eigenvalue weighted by atomic mass is 9.82. The van der Waals surface area contributed by atoms with Crippen molar-refractivity contribution in [2.45, 2.75) is 33.3 Å². The van der Waals surface area contributed by atoms with Crippen molar-refractivity contribution in [3.05, 3.63) is 53.6 Å². The van der Waals surface area contributed by atoms with Crippen molar-refractivity contribution in [3.63, 3.8) is 0 Å². The maximum atomic E-state index is 15.3. The third-order valence-corrected chi connectivity index (χ3v) is 7.33. The molecule has 2 aliphatic heterocycles. The summed E-state index contributed by atoms with van der Waals surface area (Å²) in [5.41, 5.74) is 3.50. The van der Waals surface area contributed by atoms with E-state index < -0.39 is 0 Å². The number of piperidine rings is 1. The van der Waals surface area contributed by atoms with Crippen LogP contribution in [0, 0.1) is 29.5 Å². The van der Waals surface area contributed by atoms with Gasteiger partial charge >= 0.3 is 0 Å². The Bertz CT molecular complexity index is 1480. The molecule has 0 radical (unpaired) electrons. The first kappa shape index (κ1) is 21.7. The SMILES string of the molecule is Cc1nnc2nc(N3CCOCc4c(N5CCC(C)(C#N)CC5)cccc43)c3c(F)cccc3n12. The molecule has 178 valence electrons. The molecule has 0 amide bonds. The average Bonchev–Trinajstić information content (AvgIpc) is 3.11. The number of aryl methyl sites for hydroxylation is 1. The van der Waals surface area contributed by atoms with Crippen LogP contribution in [0.15, 0.2) is 36.4 Å². The number of halogens is 1. The average molecular weight is 472 g/mol. The van der Waals surface area contributed by atoms with Crippen molar-refractivity contribution in [2.24, 2.45) is 5.41 Å². The largest absolute Gasteiger partial charge is 0.375 e. The highest BCUT2D eigenvalue weighted by Crippen LogP contribution is 2.41. The fourth-order valence-electron chi connectivity index (χ4n) is 5.26. The molecule has 2 aromatic heterocycles. The summed E-state index contributed by atoms with van der Waals surface area (Å²) in [6.45, 7) is 6.96. The van der Waals surface area contributed by atoms with Crippen LogP contribution >= 0.6 is 0 Å². The zero-order valence-corrected chi connectivity index (χ0v) is 19.8. The molecule has 0 unspecified atom stereocenters. The Morgan fingerprint density at radius 3 is 2.63 bits per heavy atom. The Kier molecular flexibility index (Phi) is 5.07. The van der Waals surface area contributed by atoms with Crippen LogP contribution in [-0.4, -0.2) is 45.8 Å². The van der Waals surface area contributed by atoms with Crippen LogP contribution in [0.1, 0.15) is 31.2 Å². The summed E-state index contributed by atoms with van der Waals surface area (Å²) in [5.74, 6) is 1.27. The number of nitriles is 1. The molecular weight excluding hydrogens is 445 g/mol. The van der Waals surface area contributed by atoms with Crippen molar-refractivity contribution >= 4 is 33.9 Å². The van der Waals surface area contributed by atoms with Gasteiger partial charge in [-0.3, -0.25) is 4.40 Å². The van der Waals surface area contributed by atoms with E-state index in [4.69, 9.17) is 9.72 Å². The monoisotopic (exact) mass is 471 g/mol. The molecule has 2 aromatic carbocycles. The van der Waals surface area contributed by atoms with E-state index in [1.165, 1.54) is 6.07 Å². The summed E-state index contributed by atoms with van der Waals surface area (Å²) in [5, 5.41) is 18.4. The van der Waals surface area contributed by atoms with Gasteiger partial charge in [0, 0.05) is 30.9 Å². The Morgan fingerprint density at radius 2 is 1.83 bits per heavy atom. The van der Waals surface area contributed by atoms with Crippen molar-refractivity contribution in [3.8, 4) is 6.07 Å². The fourth-order valence-corrected chi connectivity index (χ4v) is 5.26. The van der Waals surface area contributed by atoms with Gasteiger partial charge in [-0.15, -0.1) is 10.2 Å². The highest BCUT2D eigenvalue weighted by molar-refractivity contribution is 5.94. The van der Waals surface area contributed by atoms with Crippen LogP contribution in [0.3, 0.4) is 0 Å². The standard InChI is InChI=1S/C26H26FN7O/c1-17-30-31-25-29-24(23-19(27)5-3-8-22(23)34(17)25)33-13-14-35-15-18-20(6-4-7-21(18)33)32-11-9-26(2,16-28)10-12-32/h3-8H,9-15H2,1-2H3. The minimum atomic E-state index is -0.338. The number of ether oxygens (including phenoxy) is 1.